The lowest BCUT2D eigenvalue weighted by molar-refractivity contribution is -0.122. The molecule has 110 valence electrons. The summed E-state index contributed by atoms with van der Waals surface area (Å²) in [5, 5.41) is 3.37. The highest BCUT2D eigenvalue weighted by Crippen LogP contribution is 2.32. The van der Waals surface area contributed by atoms with Crippen LogP contribution in [0.1, 0.15) is 25.3 Å². The molecule has 1 fully saturated rings. The molecule has 0 aliphatic heterocycles. The number of hydrogen-bond acceptors (Lipinski definition) is 2. The minimum absolute atomic E-state index is 0.0284. The van der Waals surface area contributed by atoms with Crippen LogP contribution < -0.4 is 5.32 Å². The standard InChI is InChI=1S/C15H20ClFN2O/c1-10(11-6-7-11)18-15(20)9-19(2)8-12-13(16)4-3-5-14(12)17/h3-5,10-11H,6-9H2,1-2H3,(H,18,20)/t10-/m0/s1. The second-order valence-electron chi connectivity index (χ2n) is 5.57. The van der Waals surface area contributed by atoms with Crippen LogP contribution in [0.3, 0.4) is 0 Å². The number of halogens is 2. The molecule has 2 rings (SSSR count). The van der Waals surface area contributed by atoms with Gasteiger partial charge in [0.1, 0.15) is 5.82 Å². The van der Waals surface area contributed by atoms with Crippen molar-refractivity contribution in [3.63, 3.8) is 0 Å². The second kappa shape index (κ2) is 6.55. The van der Waals surface area contributed by atoms with Gasteiger partial charge in [0.15, 0.2) is 0 Å². The van der Waals surface area contributed by atoms with Crippen molar-refractivity contribution in [1.82, 2.24) is 10.2 Å². The first-order valence-electron chi connectivity index (χ1n) is 6.88. The summed E-state index contributed by atoms with van der Waals surface area (Å²) >= 11 is 5.98. The number of carbonyl (C=O) groups excluding carboxylic acids is 1. The third-order valence-electron chi connectivity index (χ3n) is 3.62. The van der Waals surface area contributed by atoms with Gasteiger partial charge in [-0.1, -0.05) is 17.7 Å². The molecular formula is C15H20ClFN2O. The highest BCUT2D eigenvalue weighted by molar-refractivity contribution is 6.31. The monoisotopic (exact) mass is 298 g/mol. The number of carbonyl (C=O) groups is 1. The summed E-state index contributed by atoms with van der Waals surface area (Å²) < 4.78 is 13.7. The van der Waals surface area contributed by atoms with Crippen molar-refractivity contribution in [3.05, 3.63) is 34.6 Å². The molecule has 3 nitrogen and oxygen atoms in total. The second-order valence-corrected chi connectivity index (χ2v) is 5.97. The first-order chi connectivity index (χ1) is 9.47. The third kappa shape index (κ3) is 4.18. The normalized spacial score (nSPS) is 16.2. The van der Waals surface area contributed by atoms with Crippen LogP contribution in [-0.2, 0) is 11.3 Å². The van der Waals surface area contributed by atoms with E-state index in [0.29, 0.717) is 23.0 Å². The Kier molecular flexibility index (Phi) is 5.00. The molecule has 1 aliphatic carbocycles. The zero-order valence-corrected chi connectivity index (χ0v) is 12.6. The van der Waals surface area contributed by atoms with Crippen LogP contribution in [0.2, 0.25) is 5.02 Å². The molecule has 0 radical (unpaired) electrons. The SMILES string of the molecule is C[C@H](NC(=O)CN(C)Cc1c(F)cccc1Cl)C1CC1. The van der Waals surface area contributed by atoms with Gasteiger partial charge in [-0.3, -0.25) is 9.69 Å². The molecule has 20 heavy (non-hydrogen) atoms. The van der Waals surface area contributed by atoms with Gasteiger partial charge in [0.25, 0.3) is 0 Å². The Labute approximate surface area is 124 Å². The molecule has 1 atom stereocenters. The van der Waals surface area contributed by atoms with Crippen LogP contribution >= 0.6 is 11.6 Å². The Hall–Kier alpha value is -1.13. The van der Waals surface area contributed by atoms with Gasteiger partial charge >= 0.3 is 0 Å². The molecule has 0 spiro atoms. The van der Waals surface area contributed by atoms with Crippen LogP contribution in [0.25, 0.3) is 0 Å². The summed E-state index contributed by atoms with van der Waals surface area (Å²) in [6, 6.07) is 4.84. The Morgan fingerprint density at radius 1 is 1.55 bits per heavy atom. The average molecular weight is 299 g/mol. The number of benzene rings is 1. The van der Waals surface area contributed by atoms with E-state index in [9.17, 15) is 9.18 Å². The van der Waals surface area contributed by atoms with Crippen LogP contribution in [0.5, 0.6) is 0 Å². The first kappa shape index (κ1) is 15.3. The van der Waals surface area contributed by atoms with E-state index in [1.807, 2.05) is 6.92 Å². The maximum absolute atomic E-state index is 13.7. The van der Waals surface area contributed by atoms with Gasteiger partial charge in [-0.15, -0.1) is 0 Å². The zero-order chi connectivity index (χ0) is 14.7. The molecule has 0 unspecified atom stereocenters. The number of rotatable bonds is 6. The molecule has 1 N–H and O–H groups in total. The first-order valence-corrected chi connectivity index (χ1v) is 7.26. The third-order valence-corrected chi connectivity index (χ3v) is 3.98. The van der Waals surface area contributed by atoms with Gasteiger partial charge < -0.3 is 5.32 Å². The van der Waals surface area contributed by atoms with Crippen molar-refractivity contribution in [2.24, 2.45) is 5.92 Å². The Morgan fingerprint density at radius 2 is 2.25 bits per heavy atom. The number of amides is 1. The lowest BCUT2D eigenvalue weighted by Crippen LogP contribution is -2.40. The van der Waals surface area contributed by atoms with Gasteiger partial charge in [0.05, 0.1) is 6.54 Å². The Morgan fingerprint density at radius 3 is 2.85 bits per heavy atom. The van der Waals surface area contributed by atoms with E-state index in [1.54, 1.807) is 24.1 Å². The lowest BCUT2D eigenvalue weighted by atomic mass is 10.2. The quantitative estimate of drug-likeness (QED) is 0.876. The highest BCUT2D eigenvalue weighted by atomic mass is 35.5. The summed E-state index contributed by atoms with van der Waals surface area (Å²) in [4.78, 5) is 13.6. The molecule has 0 saturated heterocycles. The number of nitrogens with zero attached hydrogens (tertiary/aromatic N) is 1. The topological polar surface area (TPSA) is 32.3 Å². The van der Waals surface area contributed by atoms with E-state index in [4.69, 9.17) is 11.6 Å². The zero-order valence-electron chi connectivity index (χ0n) is 11.8. The molecule has 1 saturated carbocycles. The number of nitrogens with one attached hydrogen (secondary N) is 1. The van der Waals surface area contributed by atoms with Crippen molar-refractivity contribution in [3.8, 4) is 0 Å². The van der Waals surface area contributed by atoms with Crippen LogP contribution in [-0.4, -0.2) is 30.4 Å². The predicted molar refractivity (Wildman–Crippen MR) is 78.1 cm³/mol. The van der Waals surface area contributed by atoms with E-state index in [2.05, 4.69) is 5.32 Å². The lowest BCUT2D eigenvalue weighted by Gasteiger charge is -2.19. The summed E-state index contributed by atoms with van der Waals surface area (Å²) in [6.07, 6.45) is 2.39. The maximum Gasteiger partial charge on any atom is 0.234 e. The van der Waals surface area contributed by atoms with Gasteiger partial charge in [-0.2, -0.15) is 0 Å². The fourth-order valence-corrected chi connectivity index (χ4v) is 2.49. The molecule has 1 aliphatic rings. The van der Waals surface area contributed by atoms with Gasteiger partial charge in [0, 0.05) is 23.2 Å². The van der Waals surface area contributed by atoms with E-state index < -0.39 is 0 Å². The Bertz CT molecular complexity index is 471. The molecule has 5 heteroatoms. The van der Waals surface area contributed by atoms with Gasteiger partial charge in [0.2, 0.25) is 5.91 Å². The molecule has 0 aromatic heterocycles. The highest BCUT2D eigenvalue weighted by Gasteiger charge is 2.28. The smallest absolute Gasteiger partial charge is 0.234 e. The van der Waals surface area contributed by atoms with Crippen LogP contribution in [0.4, 0.5) is 4.39 Å². The number of hydrogen-bond donors (Lipinski definition) is 1. The summed E-state index contributed by atoms with van der Waals surface area (Å²) in [6.45, 7) is 2.59. The minimum Gasteiger partial charge on any atom is -0.352 e. The molecule has 0 bridgehead atoms. The molecule has 1 amide bonds. The maximum atomic E-state index is 13.7. The van der Waals surface area contributed by atoms with Crippen LogP contribution in [0.15, 0.2) is 18.2 Å². The summed E-state index contributed by atoms with van der Waals surface area (Å²) in [5.74, 6) is 0.265. The molecule has 0 heterocycles. The fourth-order valence-electron chi connectivity index (χ4n) is 2.27. The largest absolute Gasteiger partial charge is 0.352 e. The van der Waals surface area contributed by atoms with E-state index in [0.717, 1.165) is 0 Å². The van der Waals surface area contributed by atoms with Crippen molar-refractivity contribution >= 4 is 17.5 Å². The van der Waals surface area contributed by atoms with E-state index in [-0.39, 0.29) is 24.3 Å². The summed E-state index contributed by atoms with van der Waals surface area (Å²) in [5.41, 5.74) is 0.430. The van der Waals surface area contributed by atoms with Crippen molar-refractivity contribution in [2.75, 3.05) is 13.6 Å². The van der Waals surface area contributed by atoms with Crippen molar-refractivity contribution in [2.45, 2.75) is 32.4 Å². The van der Waals surface area contributed by atoms with Crippen molar-refractivity contribution in [1.29, 1.82) is 0 Å². The minimum atomic E-state index is -0.337. The van der Waals surface area contributed by atoms with Crippen molar-refractivity contribution < 1.29 is 9.18 Å². The summed E-state index contributed by atoms with van der Waals surface area (Å²) in [7, 11) is 1.78. The molecule has 1 aromatic carbocycles. The fraction of sp³-hybridized carbons (Fsp3) is 0.533. The predicted octanol–water partition coefficient (Wildman–Crippen LogP) is 2.83. The van der Waals surface area contributed by atoms with Gasteiger partial charge in [-0.05, 0) is 44.9 Å². The molecule has 1 aromatic rings. The number of likely N-dealkylation sites (N-methyl/N-ethyl adjacent to an activating group) is 1. The van der Waals surface area contributed by atoms with E-state index in [1.165, 1.54) is 18.9 Å². The average Bonchev–Trinajstić information content (AvgIpc) is 3.17. The van der Waals surface area contributed by atoms with Gasteiger partial charge in [-0.25, -0.2) is 4.39 Å². The molecular weight excluding hydrogens is 279 g/mol. The van der Waals surface area contributed by atoms with E-state index >= 15 is 0 Å². The van der Waals surface area contributed by atoms with Crippen LogP contribution in [0, 0.1) is 11.7 Å². The Balaban J connectivity index is 1.85.